The number of amides is 1. The number of aryl methyl sites for hydroxylation is 1. The largest absolute Gasteiger partial charge is 0.364 e. The van der Waals surface area contributed by atoms with E-state index in [0.29, 0.717) is 23.6 Å². The van der Waals surface area contributed by atoms with Gasteiger partial charge in [0.25, 0.3) is 11.8 Å². The van der Waals surface area contributed by atoms with E-state index in [1.807, 2.05) is 37.5 Å². The Hall–Kier alpha value is -3.07. The van der Waals surface area contributed by atoms with Gasteiger partial charge in [0.15, 0.2) is 0 Å². The molecule has 192 valence electrons. The molecule has 1 fully saturated rings. The molecule has 0 spiro atoms. The minimum absolute atomic E-state index is 0.0240. The zero-order valence-corrected chi connectivity index (χ0v) is 20.8. The van der Waals surface area contributed by atoms with Gasteiger partial charge in [0, 0.05) is 44.7 Å². The Balaban J connectivity index is 1.07. The SMILES string of the molecule is Cn1cc2c(C(=O)NC3CCC(CCN4CC=C(c5nocc5C(C)(F)F)CC4)CC3)cccc2n1. The predicted octanol–water partition coefficient (Wildman–Crippen LogP) is 5.14. The minimum atomic E-state index is -2.96. The lowest BCUT2D eigenvalue weighted by molar-refractivity contribution is 0.0166. The molecule has 1 saturated carbocycles. The summed E-state index contributed by atoms with van der Waals surface area (Å²) < 4.78 is 34.2. The number of halogens is 2. The summed E-state index contributed by atoms with van der Waals surface area (Å²) in [4.78, 5) is 15.3. The highest BCUT2D eigenvalue weighted by atomic mass is 19.3. The van der Waals surface area contributed by atoms with E-state index in [0.717, 1.165) is 81.4 Å². The molecule has 3 heterocycles. The number of carbonyl (C=O) groups is 1. The summed E-state index contributed by atoms with van der Waals surface area (Å²) in [5, 5.41) is 12.3. The molecule has 0 atom stereocenters. The molecule has 1 N–H and O–H groups in total. The van der Waals surface area contributed by atoms with Gasteiger partial charge in [-0.05, 0) is 68.7 Å². The number of hydrogen-bond donors (Lipinski definition) is 1. The maximum Gasteiger partial charge on any atom is 0.275 e. The first kappa shape index (κ1) is 24.6. The molecule has 1 aliphatic carbocycles. The highest BCUT2D eigenvalue weighted by Gasteiger charge is 2.32. The van der Waals surface area contributed by atoms with E-state index in [1.54, 1.807) is 4.68 Å². The zero-order valence-electron chi connectivity index (χ0n) is 20.8. The number of nitrogens with zero attached hydrogens (tertiary/aromatic N) is 4. The number of aromatic nitrogens is 3. The lowest BCUT2D eigenvalue weighted by Crippen LogP contribution is -2.38. The zero-order chi connectivity index (χ0) is 25.3. The standard InChI is InChI=1S/C27H33F2N5O2/c1-27(28,29)23-17-36-32-25(23)19-11-14-34(15-12-19)13-10-18-6-8-20(9-7-18)30-26(35)21-4-3-5-24-22(21)16-33(2)31-24/h3-5,11,16-18,20H,6-10,12-15H2,1-2H3,(H,30,35). The fraction of sp³-hybridized carbons (Fsp3) is 0.519. The van der Waals surface area contributed by atoms with E-state index in [9.17, 15) is 13.6 Å². The molecular formula is C27H33F2N5O2. The number of fused-ring (bicyclic) bond motifs is 1. The molecule has 0 unspecified atom stereocenters. The molecule has 36 heavy (non-hydrogen) atoms. The van der Waals surface area contributed by atoms with Gasteiger partial charge in [-0.1, -0.05) is 17.3 Å². The van der Waals surface area contributed by atoms with Gasteiger partial charge in [0.05, 0.1) is 16.6 Å². The Morgan fingerprint density at radius 3 is 2.78 bits per heavy atom. The molecule has 3 aromatic rings. The quantitative estimate of drug-likeness (QED) is 0.489. The number of carbonyl (C=O) groups excluding carboxylic acids is 1. The Kier molecular flexibility index (Phi) is 6.92. The minimum Gasteiger partial charge on any atom is -0.364 e. The summed E-state index contributed by atoms with van der Waals surface area (Å²) >= 11 is 0. The van der Waals surface area contributed by atoms with Crippen LogP contribution in [0.15, 0.2) is 41.3 Å². The lowest BCUT2D eigenvalue weighted by atomic mass is 9.84. The van der Waals surface area contributed by atoms with Crippen LogP contribution in [0.4, 0.5) is 8.78 Å². The van der Waals surface area contributed by atoms with Crippen molar-refractivity contribution in [2.24, 2.45) is 13.0 Å². The van der Waals surface area contributed by atoms with E-state index in [1.165, 1.54) is 0 Å². The Bertz CT molecular complexity index is 1250. The molecule has 2 aliphatic rings. The summed E-state index contributed by atoms with van der Waals surface area (Å²) in [7, 11) is 1.86. The van der Waals surface area contributed by atoms with E-state index in [-0.39, 0.29) is 17.5 Å². The highest BCUT2D eigenvalue weighted by Crippen LogP contribution is 2.35. The third kappa shape index (κ3) is 5.36. The topological polar surface area (TPSA) is 76.2 Å². The first-order valence-corrected chi connectivity index (χ1v) is 12.8. The fourth-order valence-electron chi connectivity index (χ4n) is 5.49. The Labute approximate surface area is 209 Å². The van der Waals surface area contributed by atoms with Crippen molar-refractivity contribution in [1.29, 1.82) is 0 Å². The lowest BCUT2D eigenvalue weighted by Gasteiger charge is -2.32. The van der Waals surface area contributed by atoms with Gasteiger partial charge in [-0.15, -0.1) is 0 Å². The summed E-state index contributed by atoms with van der Waals surface area (Å²) in [5.41, 5.74) is 2.51. The normalized spacial score (nSPS) is 21.5. The van der Waals surface area contributed by atoms with Crippen molar-refractivity contribution in [3.05, 3.63) is 53.6 Å². The van der Waals surface area contributed by atoms with Crippen molar-refractivity contribution in [2.45, 2.75) is 57.4 Å². The maximum atomic E-state index is 13.8. The molecule has 1 amide bonds. The van der Waals surface area contributed by atoms with Crippen molar-refractivity contribution in [2.75, 3.05) is 19.6 Å². The van der Waals surface area contributed by atoms with Crippen LogP contribution < -0.4 is 5.32 Å². The monoisotopic (exact) mass is 497 g/mol. The van der Waals surface area contributed by atoms with Gasteiger partial charge in [-0.3, -0.25) is 14.4 Å². The average molecular weight is 498 g/mol. The van der Waals surface area contributed by atoms with Crippen LogP contribution in [0.1, 0.15) is 67.1 Å². The average Bonchev–Trinajstić information content (AvgIpc) is 3.50. The van der Waals surface area contributed by atoms with Gasteiger partial charge in [-0.2, -0.15) is 5.10 Å². The predicted molar refractivity (Wildman–Crippen MR) is 134 cm³/mol. The molecule has 5 rings (SSSR count). The van der Waals surface area contributed by atoms with Crippen LogP contribution in [0.5, 0.6) is 0 Å². The van der Waals surface area contributed by atoms with E-state index in [4.69, 9.17) is 4.52 Å². The molecule has 9 heteroatoms. The van der Waals surface area contributed by atoms with Crippen LogP contribution in [0.2, 0.25) is 0 Å². The third-order valence-electron chi connectivity index (χ3n) is 7.58. The summed E-state index contributed by atoms with van der Waals surface area (Å²) in [6, 6.07) is 5.87. The molecule has 1 aromatic carbocycles. The third-order valence-corrected chi connectivity index (χ3v) is 7.58. The van der Waals surface area contributed by atoms with Crippen molar-refractivity contribution >= 4 is 22.4 Å². The van der Waals surface area contributed by atoms with E-state index < -0.39 is 5.92 Å². The smallest absolute Gasteiger partial charge is 0.275 e. The van der Waals surface area contributed by atoms with Crippen LogP contribution in [0.25, 0.3) is 16.5 Å². The van der Waals surface area contributed by atoms with Crippen molar-refractivity contribution in [3.63, 3.8) is 0 Å². The molecule has 1 aliphatic heterocycles. The first-order valence-electron chi connectivity index (χ1n) is 12.8. The van der Waals surface area contributed by atoms with Crippen molar-refractivity contribution in [3.8, 4) is 0 Å². The summed E-state index contributed by atoms with van der Waals surface area (Å²) in [6.07, 6.45) is 10.9. The van der Waals surface area contributed by atoms with Crippen LogP contribution in [-0.4, -0.2) is 51.4 Å². The molecule has 0 radical (unpaired) electrons. The molecule has 0 bridgehead atoms. The van der Waals surface area contributed by atoms with Crippen molar-refractivity contribution in [1.82, 2.24) is 25.2 Å². The van der Waals surface area contributed by atoms with Crippen molar-refractivity contribution < 1.29 is 18.1 Å². The summed E-state index contributed by atoms with van der Waals surface area (Å²) in [6.45, 7) is 3.44. The molecular weight excluding hydrogens is 464 g/mol. The molecule has 2 aromatic heterocycles. The van der Waals surface area contributed by atoms with Gasteiger partial charge < -0.3 is 9.84 Å². The van der Waals surface area contributed by atoms with Gasteiger partial charge in [0.1, 0.15) is 12.0 Å². The first-order chi connectivity index (χ1) is 17.3. The Morgan fingerprint density at radius 1 is 1.25 bits per heavy atom. The number of benzene rings is 1. The van der Waals surface area contributed by atoms with Crippen LogP contribution in [0, 0.1) is 5.92 Å². The van der Waals surface area contributed by atoms with Gasteiger partial charge in [0.2, 0.25) is 0 Å². The van der Waals surface area contributed by atoms with E-state index in [2.05, 4.69) is 20.5 Å². The number of rotatable bonds is 7. The maximum absolute atomic E-state index is 13.8. The van der Waals surface area contributed by atoms with Crippen LogP contribution in [-0.2, 0) is 13.0 Å². The second-order valence-electron chi connectivity index (χ2n) is 10.3. The summed E-state index contributed by atoms with van der Waals surface area (Å²) in [5.74, 6) is -2.34. The second-order valence-corrected chi connectivity index (χ2v) is 10.3. The number of alkyl halides is 2. The molecule has 0 saturated heterocycles. The Morgan fingerprint density at radius 2 is 2.06 bits per heavy atom. The second kappa shape index (κ2) is 10.1. The highest BCUT2D eigenvalue weighted by molar-refractivity contribution is 6.06. The van der Waals surface area contributed by atoms with E-state index >= 15 is 0 Å². The van der Waals surface area contributed by atoms with Gasteiger partial charge >= 0.3 is 0 Å². The van der Waals surface area contributed by atoms with Crippen LogP contribution >= 0.6 is 0 Å². The number of nitrogens with one attached hydrogen (secondary N) is 1. The molecule has 7 nitrogen and oxygen atoms in total. The van der Waals surface area contributed by atoms with Crippen LogP contribution in [0.3, 0.4) is 0 Å². The van der Waals surface area contributed by atoms with Gasteiger partial charge in [-0.25, -0.2) is 8.78 Å². The number of hydrogen-bond acceptors (Lipinski definition) is 5. The fourth-order valence-corrected chi connectivity index (χ4v) is 5.49.